The zero-order chi connectivity index (χ0) is 8.55. The zero-order valence-electron chi connectivity index (χ0n) is 6.27. The normalized spacial score (nSPS) is 10.3. The van der Waals surface area contributed by atoms with Crippen LogP contribution in [0.4, 0.5) is 0 Å². The van der Waals surface area contributed by atoms with E-state index >= 15 is 0 Å². The van der Waals surface area contributed by atoms with Crippen LogP contribution < -0.4 is 5.43 Å². The average molecular weight is 161 g/mol. The van der Waals surface area contributed by atoms with Crippen molar-refractivity contribution in [2.24, 2.45) is 0 Å². The van der Waals surface area contributed by atoms with Crippen molar-refractivity contribution in [3.8, 4) is 11.3 Å². The maximum Gasteiger partial charge on any atom is 0.180 e. The van der Waals surface area contributed by atoms with Crippen molar-refractivity contribution >= 4 is 0 Å². The molecule has 12 heavy (non-hydrogen) atoms. The van der Waals surface area contributed by atoms with Crippen molar-refractivity contribution in [1.29, 1.82) is 0 Å². The molecule has 2 aliphatic rings. The number of rotatable bonds is 0. The highest BCUT2D eigenvalue weighted by Gasteiger charge is 2.03. The number of pyridine rings is 1. The van der Waals surface area contributed by atoms with E-state index in [1.165, 1.54) is 18.3 Å². The van der Waals surface area contributed by atoms with Gasteiger partial charge < -0.3 is 5.21 Å². The second kappa shape index (κ2) is 2.37. The predicted octanol–water partition coefficient (Wildman–Crippen LogP) is 1.19. The summed E-state index contributed by atoms with van der Waals surface area (Å²) in [4.78, 5) is 10.9. The fourth-order valence-electron chi connectivity index (χ4n) is 1.17. The van der Waals surface area contributed by atoms with E-state index < -0.39 is 0 Å². The summed E-state index contributed by atoms with van der Waals surface area (Å²) in [7, 11) is 0. The van der Waals surface area contributed by atoms with Crippen LogP contribution in [0.15, 0.2) is 41.3 Å². The molecule has 2 rings (SSSR count). The Labute approximate surface area is 68.8 Å². The fraction of sp³-hybridized carbons (Fsp3) is 0. The minimum Gasteiger partial charge on any atom is -0.428 e. The lowest BCUT2D eigenvalue weighted by Crippen LogP contribution is -2.04. The second-order valence-corrected chi connectivity index (χ2v) is 2.57. The quantitative estimate of drug-likeness (QED) is 0.590. The van der Waals surface area contributed by atoms with Crippen LogP contribution in [0.3, 0.4) is 0 Å². The molecule has 0 aromatic carbocycles. The van der Waals surface area contributed by atoms with Gasteiger partial charge in [-0.25, -0.2) is 0 Å². The van der Waals surface area contributed by atoms with Crippen molar-refractivity contribution in [2.75, 3.05) is 0 Å². The lowest BCUT2D eigenvalue weighted by atomic mass is 10.1. The van der Waals surface area contributed by atoms with Crippen LogP contribution in [0.25, 0.3) is 11.3 Å². The summed E-state index contributed by atoms with van der Waals surface area (Å²) < 4.78 is 0.941. The predicted molar refractivity (Wildman–Crippen MR) is 44.5 cm³/mol. The number of benzene rings is 1. The Balaban J connectivity index is 2.87. The van der Waals surface area contributed by atoms with Gasteiger partial charge in [-0.3, -0.25) is 4.79 Å². The maximum absolute atomic E-state index is 10.9. The smallest absolute Gasteiger partial charge is 0.180 e. The van der Waals surface area contributed by atoms with Gasteiger partial charge >= 0.3 is 0 Å². The maximum atomic E-state index is 10.9. The zero-order valence-corrected chi connectivity index (χ0v) is 6.27. The second-order valence-electron chi connectivity index (χ2n) is 2.57. The van der Waals surface area contributed by atoms with Gasteiger partial charge in [0.1, 0.15) is 0 Å². The Kier molecular flexibility index (Phi) is 1.37. The number of nitrogens with zero attached hydrogens (tertiary/aromatic N) is 1. The van der Waals surface area contributed by atoms with Crippen molar-refractivity contribution in [3.63, 3.8) is 0 Å². The molecule has 1 aliphatic heterocycles. The van der Waals surface area contributed by atoms with Crippen LogP contribution in [0.2, 0.25) is 0 Å². The Bertz CT molecular complexity index is 433. The van der Waals surface area contributed by atoms with Crippen LogP contribution >= 0.6 is 0 Å². The lowest BCUT2D eigenvalue weighted by molar-refractivity contribution is 0.189. The Hall–Kier alpha value is -1.77. The molecule has 0 radical (unpaired) electrons. The number of aromatic nitrogens is 1. The van der Waals surface area contributed by atoms with Crippen LogP contribution in [0, 0.1) is 0 Å². The van der Waals surface area contributed by atoms with E-state index in [4.69, 9.17) is 0 Å². The first-order valence-electron chi connectivity index (χ1n) is 3.58. The topological polar surface area (TPSA) is 42.2 Å². The molecule has 1 heterocycles. The summed E-state index contributed by atoms with van der Waals surface area (Å²) >= 11 is 0. The molecule has 3 heteroatoms. The van der Waals surface area contributed by atoms with Gasteiger partial charge in [0.2, 0.25) is 0 Å². The largest absolute Gasteiger partial charge is 0.428 e. The van der Waals surface area contributed by atoms with Gasteiger partial charge in [-0.2, -0.15) is 4.73 Å². The van der Waals surface area contributed by atoms with Gasteiger partial charge in [0.25, 0.3) is 0 Å². The first kappa shape index (κ1) is 6.91. The summed E-state index contributed by atoms with van der Waals surface area (Å²) in [6, 6.07) is 8.11. The molecule has 0 aromatic heterocycles. The van der Waals surface area contributed by atoms with Crippen molar-refractivity contribution < 1.29 is 5.21 Å². The molecular weight excluding hydrogens is 154 g/mol. The molecular formula is C9H7NO2. The molecule has 1 N–H and O–H groups in total. The molecule has 0 saturated heterocycles. The summed E-state index contributed by atoms with van der Waals surface area (Å²) in [5, 5.41) is 9.27. The minimum atomic E-state index is -0.100. The average Bonchev–Trinajstić information content (AvgIpc) is 2.07. The molecule has 3 nitrogen and oxygen atoms in total. The van der Waals surface area contributed by atoms with E-state index in [1.807, 2.05) is 6.07 Å². The Morgan fingerprint density at radius 3 is 2.92 bits per heavy atom. The van der Waals surface area contributed by atoms with E-state index in [-0.39, 0.29) is 5.43 Å². The molecule has 0 atom stereocenters. The molecule has 0 spiro atoms. The first-order valence-corrected chi connectivity index (χ1v) is 3.58. The van der Waals surface area contributed by atoms with Crippen LogP contribution in [0.1, 0.15) is 0 Å². The van der Waals surface area contributed by atoms with Gasteiger partial charge in [-0.1, -0.05) is 6.07 Å². The van der Waals surface area contributed by atoms with E-state index in [9.17, 15) is 10.0 Å². The summed E-state index contributed by atoms with van der Waals surface area (Å²) in [5.74, 6) is 0. The third-order valence-corrected chi connectivity index (χ3v) is 1.75. The molecule has 60 valence electrons. The van der Waals surface area contributed by atoms with E-state index in [1.54, 1.807) is 12.1 Å². The number of hydrogen-bond acceptors (Lipinski definition) is 2. The highest BCUT2D eigenvalue weighted by atomic mass is 16.5. The standard InChI is InChI=1S/C9H7NO2/c11-8-4-3-7-2-1-5-10(12)9(7)6-8/h1-6,12H. The summed E-state index contributed by atoms with van der Waals surface area (Å²) in [6.07, 6.45) is 1.49. The SMILES string of the molecule is O=c1ccc2cccn(O)c-2c1. The van der Waals surface area contributed by atoms with Gasteiger partial charge in [0.05, 0.1) is 5.69 Å². The van der Waals surface area contributed by atoms with Crippen molar-refractivity contribution in [3.05, 3.63) is 46.8 Å². The third-order valence-electron chi connectivity index (χ3n) is 1.75. The van der Waals surface area contributed by atoms with Gasteiger partial charge in [0.15, 0.2) is 5.43 Å². The molecule has 0 amide bonds. The van der Waals surface area contributed by atoms with E-state index in [0.29, 0.717) is 5.69 Å². The van der Waals surface area contributed by atoms with Crippen LogP contribution in [-0.4, -0.2) is 9.94 Å². The van der Waals surface area contributed by atoms with Crippen molar-refractivity contribution in [2.45, 2.75) is 0 Å². The highest BCUT2D eigenvalue weighted by molar-refractivity contribution is 5.60. The van der Waals surface area contributed by atoms with Crippen LogP contribution in [-0.2, 0) is 0 Å². The number of hydrogen-bond donors (Lipinski definition) is 1. The third kappa shape index (κ3) is 0.955. The van der Waals surface area contributed by atoms with Gasteiger partial charge in [0, 0.05) is 17.8 Å². The van der Waals surface area contributed by atoms with Crippen LogP contribution in [0.5, 0.6) is 0 Å². The van der Waals surface area contributed by atoms with E-state index in [2.05, 4.69) is 0 Å². The van der Waals surface area contributed by atoms with E-state index in [0.717, 1.165) is 10.3 Å². The molecule has 0 unspecified atom stereocenters. The first-order chi connectivity index (χ1) is 5.77. The fourth-order valence-corrected chi connectivity index (χ4v) is 1.17. The Morgan fingerprint density at radius 2 is 2.08 bits per heavy atom. The molecule has 0 bridgehead atoms. The number of fused-ring (bicyclic) bond motifs is 1. The van der Waals surface area contributed by atoms with Gasteiger partial charge in [-0.15, -0.1) is 0 Å². The molecule has 0 aromatic rings. The minimum absolute atomic E-state index is 0.100. The molecule has 0 fully saturated rings. The monoisotopic (exact) mass is 161 g/mol. The van der Waals surface area contributed by atoms with Gasteiger partial charge in [-0.05, 0) is 18.2 Å². The lowest BCUT2D eigenvalue weighted by Gasteiger charge is -2.07. The Morgan fingerprint density at radius 1 is 1.25 bits per heavy atom. The molecule has 1 aliphatic carbocycles. The summed E-state index contributed by atoms with van der Waals surface area (Å²) in [6.45, 7) is 0. The summed E-state index contributed by atoms with van der Waals surface area (Å²) in [5.41, 5.74) is 1.28. The molecule has 0 saturated carbocycles. The van der Waals surface area contributed by atoms with Crippen molar-refractivity contribution in [1.82, 2.24) is 4.73 Å². The highest BCUT2D eigenvalue weighted by Crippen LogP contribution is 2.16.